The average Bonchev–Trinajstić information content (AvgIpc) is 1.84. The van der Waals surface area contributed by atoms with Crippen LogP contribution in [0.4, 0.5) is 0 Å². The van der Waals surface area contributed by atoms with Gasteiger partial charge in [-0.1, -0.05) is 5.16 Å². The van der Waals surface area contributed by atoms with Gasteiger partial charge in [0.25, 0.3) is 0 Å². The van der Waals surface area contributed by atoms with Crippen LogP contribution in [0.3, 0.4) is 0 Å². The number of carboxylic acids is 1. The number of ketones is 1. The highest BCUT2D eigenvalue weighted by molar-refractivity contribution is 6.63. The van der Waals surface area contributed by atoms with Gasteiger partial charge in [-0.05, 0) is 13.8 Å². The first-order valence-electron chi connectivity index (χ1n) is 3.43. The summed E-state index contributed by atoms with van der Waals surface area (Å²) in [7, 11) is 0. The van der Waals surface area contributed by atoms with Crippen molar-refractivity contribution >= 4 is 17.5 Å². The van der Waals surface area contributed by atoms with E-state index in [1.165, 1.54) is 0 Å². The standard InChI is InChI=1S/C7H11NO4/c1-4(2)12-8-6(5(3)9)7(10)11/h4H,1-3H3,(H,10,11). The Morgan fingerprint density at radius 1 is 1.42 bits per heavy atom. The van der Waals surface area contributed by atoms with Crippen molar-refractivity contribution in [2.75, 3.05) is 0 Å². The smallest absolute Gasteiger partial charge is 0.361 e. The van der Waals surface area contributed by atoms with Crippen molar-refractivity contribution in [3.05, 3.63) is 0 Å². The number of hydrogen-bond donors (Lipinski definition) is 1. The molecule has 0 fully saturated rings. The monoisotopic (exact) mass is 173 g/mol. The Labute approximate surface area is 70.0 Å². The van der Waals surface area contributed by atoms with E-state index in [-0.39, 0.29) is 6.10 Å². The fraction of sp³-hybridized carbons (Fsp3) is 0.571. The molecule has 0 aliphatic carbocycles. The molecule has 0 aromatic rings. The topological polar surface area (TPSA) is 76.0 Å². The highest BCUT2D eigenvalue weighted by Crippen LogP contribution is 1.91. The normalized spacial score (nSPS) is 11.5. The Bertz CT molecular complexity index is 203. The van der Waals surface area contributed by atoms with Gasteiger partial charge < -0.3 is 9.94 Å². The average molecular weight is 173 g/mol. The van der Waals surface area contributed by atoms with E-state index in [1.54, 1.807) is 13.8 Å². The van der Waals surface area contributed by atoms with E-state index in [1.807, 2.05) is 0 Å². The maximum Gasteiger partial charge on any atom is 0.361 e. The van der Waals surface area contributed by atoms with Crippen molar-refractivity contribution in [1.82, 2.24) is 0 Å². The Kier molecular flexibility index (Phi) is 3.96. The van der Waals surface area contributed by atoms with Gasteiger partial charge in [0.05, 0.1) is 0 Å². The molecule has 5 heteroatoms. The van der Waals surface area contributed by atoms with E-state index >= 15 is 0 Å². The number of carbonyl (C=O) groups is 2. The fourth-order valence-corrected chi connectivity index (χ4v) is 0.412. The lowest BCUT2D eigenvalue weighted by molar-refractivity contribution is -0.130. The van der Waals surface area contributed by atoms with E-state index in [0.717, 1.165) is 6.92 Å². The molecule has 0 unspecified atom stereocenters. The van der Waals surface area contributed by atoms with Gasteiger partial charge >= 0.3 is 5.97 Å². The third-order valence-electron chi connectivity index (χ3n) is 0.891. The van der Waals surface area contributed by atoms with Crippen LogP contribution in [0.25, 0.3) is 0 Å². The Morgan fingerprint density at radius 3 is 2.17 bits per heavy atom. The van der Waals surface area contributed by atoms with Gasteiger partial charge in [-0.25, -0.2) is 4.79 Å². The fourth-order valence-electron chi connectivity index (χ4n) is 0.412. The Morgan fingerprint density at radius 2 is 1.92 bits per heavy atom. The number of carbonyl (C=O) groups excluding carboxylic acids is 1. The van der Waals surface area contributed by atoms with Crippen LogP contribution in [0.2, 0.25) is 0 Å². The van der Waals surface area contributed by atoms with E-state index in [9.17, 15) is 9.59 Å². The summed E-state index contributed by atoms with van der Waals surface area (Å²) in [6, 6.07) is 0. The van der Waals surface area contributed by atoms with Crippen LogP contribution in [0, 0.1) is 0 Å². The molecule has 0 atom stereocenters. The molecule has 0 radical (unpaired) electrons. The minimum atomic E-state index is -1.37. The third-order valence-corrected chi connectivity index (χ3v) is 0.891. The van der Waals surface area contributed by atoms with Gasteiger partial charge in [-0.15, -0.1) is 0 Å². The van der Waals surface area contributed by atoms with Crippen molar-refractivity contribution in [3.8, 4) is 0 Å². The van der Waals surface area contributed by atoms with Crippen LogP contribution in [0.5, 0.6) is 0 Å². The number of nitrogens with zero attached hydrogens (tertiary/aromatic N) is 1. The second-order valence-corrected chi connectivity index (χ2v) is 2.46. The summed E-state index contributed by atoms with van der Waals surface area (Å²) < 4.78 is 0. The predicted molar refractivity (Wildman–Crippen MR) is 42.0 cm³/mol. The van der Waals surface area contributed by atoms with Crippen molar-refractivity contribution in [1.29, 1.82) is 0 Å². The van der Waals surface area contributed by atoms with E-state index in [0.29, 0.717) is 0 Å². The van der Waals surface area contributed by atoms with Crippen LogP contribution in [0.15, 0.2) is 5.16 Å². The van der Waals surface area contributed by atoms with Gasteiger partial charge in [0.1, 0.15) is 6.10 Å². The molecule has 0 amide bonds. The molecule has 0 heterocycles. The van der Waals surface area contributed by atoms with Crippen LogP contribution in [-0.4, -0.2) is 28.7 Å². The molecule has 0 aliphatic heterocycles. The SMILES string of the molecule is CC(=O)C(=NOC(C)C)C(=O)O. The minimum absolute atomic E-state index is 0.237. The zero-order valence-electron chi connectivity index (χ0n) is 7.20. The first kappa shape index (κ1) is 10.6. The second-order valence-electron chi connectivity index (χ2n) is 2.46. The lowest BCUT2D eigenvalue weighted by Gasteiger charge is -2.01. The molecule has 1 N–H and O–H groups in total. The maximum atomic E-state index is 10.6. The molecule has 0 bridgehead atoms. The quantitative estimate of drug-likeness (QED) is 0.380. The third kappa shape index (κ3) is 3.70. The van der Waals surface area contributed by atoms with Crippen LogP contribution >= 0.6 is 0 Å². The van der Waals surface area contributed by atoms with Crippen LogP contribution < -0.4 is 0 Å². The van der Waals surface area contributed by atoms with Crippen molar-refractivity contribution in [2.24, 2.45) is 5.16 Å². The van der Waals surface area contributed by atoms with Gasteiger partial charge in [0.15, 0.2) is 5.78 Å². The second kappa shape index (κ2) is 4.48. The van der Waals surface area contributed by atoms with Crippen molar-refractivity contribution in [3.63, 3.8) is 0 Å². The van der Waals surface area contributed by atoms with Gasteiger partial charge in [0, 0.05) is 6.92 Å². The summed E-state index contributed by atoms with van der Waals surface area (Å²) in [6.07, 6.45) is -0.237. The number of aliphatic carboxylic acids is 1. The first-order chi connectivity index (χ1) is 5.45. The lowest BCUT2D eigenvalue weighted by Crippen LogP contribution is -2.22. The Balaban J connectivity index is 4.40. The first-order valence-corrected chi connectivity index (χ1v) is 3.43. The predicted octanol–water partition coefficient (Wildman–Crippen LogP) is 0.441. The summed E-state index contributed by atoms with van der Waals surface area (Å²) in [4.78, 5) is 25.5. The highest BCUT2D eigenvalue weighted by Gasteiger charge is 2.15. The largest absolute Gasteiger partial charge is 0.476 e. The molecule has 0 aromatic carbocycles. The molecule has 5 nitrogen and oxygen atoms in total. The molecule has 12 heavy (non-hydrogen) atoms. The molecular formula is C7H11NO4. The summed E-state index contributed by atoms with van der Waals surface area (Å²) in [5.41, 5.74) is -0.580. The molecule has 68 valence electrons. The highest BCUT2D eigenvalue weighted by atomic mass is 16.6. The minimum Gasteiger partial charge on any atom is -0.476 e. The zero-order chi connectivity index (χ0) is 9.72. The summed E-state index contributed by atoms with van der Waals surface area (Å²) in [5.74, 6) is -1.99. The summed E-state index contributed by atoms with van der Waals surface area (Å²) in [6.45, 7) is 4.49. The summed E-state index contributed by atoms with van der Waals surface area (Å²) in [5, 5.41) is 11.6. The number of carboxylic acid groups (broad SMARTS) is 1. The summed E-state index contributed by atoms with van der Waals surface area (Å²) >= 11 is 0. The lowest BCUT2D eigenvalue weighted by atomic mass is 10.3. The molecule has 0 spiro atoms. The number of rotatable bonds is 4. The van der Waals surface area contributed by atoms with Gasteiger partial charge in [-0.2, -0.15) is 0 Å². The Hall–Kier alpha value is -1.39. The van der Waals surface area contributed by atoms with Crippen molar-refractivity contribution < 1.29 is 19.5 Å². The molecule has 0 rings (SSSR count). The van der Waals surface area contributed by atoms with Crippen LogP contribution in [0.1, 0.15) is 20.8 Å². The van der Waals surface area contributed by atoms with Gasteiger partial charge in [0.2, 0.25) is 5.71 Å². The number of hydrogen-bond acceptors (Lipinski definition) is 4. The zero-order valence-corrected chi connectivity index (χ0v) is 7.20. The van der Waals surface area contributed by atoms with E-state index in [2.05, 4.69) is 9.99 Å². The van der Waals surface area contributed by atoms with Crippen molar-refractivity contribution in [2.45, 2.75) is 26.9 Å². The molecule has 0 saturated carbocycles. The number of Topliss-reactive ketones (excluding diaryl/α,β-unsaturated/α-hetero) is 1. The van der Waals surface area contributed by atoms with Gasteiger partial charge in [-0.3, -0.25) is 4.79 Å². The van der Waals surface area contributed by atoms with Crippen LogP contribution in [-0.2, 0) is 14.4 Å². The molecular weight excluding hydrogens is 162 g/mol. The molecule has 0 saturated heterocycles. The maximum absolute atomic E-state index is 10.6. The van der Waals surface area contributed by atoms with E-state index in [4.69, 9.17) is 5.11 Å². The molecule has 0 aliphatic rings. The molecule has 0 aromatic heterocycles. The number of oxime groups is 1. The van der Waals surface area contributed by atoms with E-state index < -0.39 is 17.5 Å².